The van der Waals surface area contributed by atoms with Crippen molar-refractivity contribution in [2.75, 3.05) is 5.32 Å². The van der Waals surface area contributed by atoms with Gasteiger partial charge in [0.05, 0.1) is 23.6 Å². The molecule has 0 aliphatic heterocycles. The highest BCUT2D eigenvalue weighted by Crippen LogP contribution is 2.27. The number of hydrogen-bond acceptors (Lipinski definition) is 6. The van der Waals surface area contributed by atoms with Crippen LogP contribution < -0.4 is 5.32 Å². The molecule has 9 nitrogen and oxygen atoms in total. The van der Waals surface area contributed by atoms with Crippen molar-refractivity contribution in [3.05, 3.63) is 66.1 Å². The highest BCUT2D eigenvalue weighted by atomic mass is 19.4. The van der Waals surface area contributed by atoms with Gasteiger partial charge in [-0.15, -0.1) is 5.10 Å². The summed E-state index contributed by atoms with van der Waals surface area (Å²) < 4.78 is 40.6. The first kappa shape index (κ1) is 22.1. The summed E-state index contributed by atoms with van der Waals surface area (Å²) in [6.45, 7) is 3.51. The molecule has 12 heteroatoms. The molecule has 4 heterocycles. The Morgan fingerprint density at radius 2 is 1.91 bits per heavy atom. The molecule has 1 amide bonds. The molecule has 0 aliphatic carbocycles. The Morgan fingerprint density at radius 1 is 1.12 bits per heavy atom. The van der Waals surface area contributed by atoms with Crippen molar-refractivity contribution in [3.63, 3.8) is 0 Å². The van der Waals surface area contributed by atoms with E-state index >= 15 is 0 Å². The van der Waals surface area contributed by atoms with E-state index < -0.39 is 24.3 Å². The second kappa shape index (κ2) is 8.45. The van der Waals surface area contributed by atoms with E-state index in [1.54, 1.807) is 18.6 Å². The maximum atomic E-state index is 13.2. The van der Waals surface area contributed by atoms with Crippen LogP contribution in [0.4, 0.5) is 18.9 Å². The van der Waals surface area contributed by atoms with Crippen molar-refractivity contribution in [1.29, 1.82) is 0 Å². The van der Waals surface area contributed by atoms with Crippen molar-refractivity contribution in [2.45, 2.75) is 32.6 Å². The SMILES string of the molecule is CC(C)n1cc(C(=O)c2cncc(NC(=O)Cn3cc(C(F)(F)F)nn3)c2)c2cnccc21. The summed E-state index contributed by atoms with van der Waals surface area (Å²) >= 11 is 0. The zero-order valence-electron chi connectivity index (χ0n) is 17.5. The average molecular weight is 457 g/mol. The zero-order chi connectivity index (χ0) is 23.8. The molecule has 0 atom stereocenters. The van der Waals surface area contributed by atoms with E-state index in [2.05, 4.69) is 25.6 Å². The van der Waals surface area contributed by atoms with Gasteiger partial charge in [0.25, 0.3) is 0 Å². The molecule has 0 aliphatic rings. The first-order chi connectivity index (χ1) is 15.6. The third kappa shape index (κ3) is 4.59. The topological polar surface area (TPSA) is 108 Å². The number of hydrogen-bond donors (Lipinski definition) is 1. The predicted molar refractivity (Wildman–Crippen MR) is 111 cm³/mol. The molecule has 4 aromatic heterocycles. The number of nitrogens with one attached hydrogen (secondary N) is 1. The van der Waals surface area contributed by atoms with E-state index in [0.717, 1.165) is 10.2 Å². The predicted octanol–water partition coefficient (Wildman–Crippen LogP) is 3.49. The third-order valence-corrected chi connectivity index (χ3v) is 4.85. The Hall–Kier alpha value is -4.09. The summed E-state index contributed by atoms with van der Waals surface area (Å²) in [6.07, 6.45) is 3.72. The molecule has 1 N–H and O–H groups in total. The summed E-state index contributed by atoms with van der Waals surface area (Å²) in [5.74, 6) is -0.956. The van der Waals surface area contributed by atoms with Crippen LogP contribution >= 0.6 is 0 Å². The monoisotopic (exact) mass is 457 g/mol. The fraction of sp³-hybridized carbons (Fsp3) is 0.238. The Morgan fingerprint density at radius 3 is 2.61 bits per heavy atom. The smallest absolute Gasteiger partial charge is 0.344 e. The lowest BCUT2D eigenvalue weighted by atomic mass is 10.1. The maximum Gasteiger partial charge on any atom is 0.436 e. The maximum absolute atomic E-state index is 13.2. The lowest BCUT2D eigenvalue weighted by Gasteiger charge is -2.08. The molecule has 0 fully saturated rings. The normalized spacial score (nSPS) is 11.8. The number of rotatable bonds is 6. The minimum atomic E-state index is -4.65. The van der Waals surface area contributed by atoms with Gasteiger partial charge in [0.15, 0.2) is 11.5 Å². The number of halogens is 3. The van der Waals surface area contributed by atoms with E-state index in [1.807, 2.05) is 24.5 Å². The van der Waals surface area contributed by atoms with Gasteiger partial charge in [-0.05, 0) is 26.0 Å². The van der Waals surface area contributed by atoms with Gasteiger partial charge in [0.2, 0.25) is 5.91 Å². The van der Waals surface area contributed by atoms with Gasteiger partial charge >= 0.3 is 6.18 Å². The van der Waals surface area contributed by atoms with Crippen LogP contribution in [0.2, 0.25) is 0 Å². The lowest BCUT2D eigenvalue weighted by Crippen LogP contribution is -2.19. The molecule has 0 bridgehead atoms. The van der Waals surface area contributed by atoms with E-state index in [9.17, 15) is 22.8 Å². The molecule has 0 radical (unpaired) electrons. The van der Waals surface area contributed by atoms with Gasteiger partial charge in [0.1, 0.15) is 6.54 Å². The summed E-state index contributed by atoms with van der Waals surface area (Å²) in [7, 11) is 0. The molecule has 4 rings (SSSR count). The number of nitrogens with zero attached hydrogens (tertiary/aromatic N) is 6. The van der Waals surface area contributed by atoms with Gasteiger partial charge in [-0.3, -0.25) is 19.6 Å². The number of amides is 1. The molecular formula is C21H18F3N7O2. The lowest BCUT2D eigenvalue weighted by molar-refractivity contribution is -0.141. The summed E-state index contributed by atoms with van der Waals surface area (Å²) in [6, 6.07) is 3.40. The second-order valence-electron chi connectivity index (χ2n) is 7.58. The molecule has 0 spiro atoms. The van der Waals surface area contributed by atoms with E-state index in [1.165, 1.54) is 18.5 Å². The van der Waals surface area contributed by atoms with Crippen LogP contribution in [0.3, 0.4) is 0 Å². The molecule has 0 unspecified atom stereocenters. The Kier molecular flexibility index (Phi) is 5.66. The number of alkyl halides is 3. The molecule has 0 aromatic carbocycles. The van der Waals surface area contributed by atoms with Crippen molar-refractivity contribution in [1.82, 2.24) is 29.5 Å². The summed E-state index contributed by atoms with van der Waals surface area (Å²) in [4.78, 5) is 33.6. The minimum Gasteiger partial charge on any atom is -0.344 e. The molecular weight excluding hydrogens is 439 g/mol. The van der Waals surface area contributed by atoms with E-state index in [4.69, 9.17) is 0 Å². The molecule has 0 saturated heterocycles. The molecule has 0 saturated carbocycles. The summed E-state index contributed by atoms with van der Waals surface area (Å²) in [5, 5.41) is 9.50. The van der Waals surface area contributed by atoms with Crippen LogP contribution in [0.15, 0.2) is 49.3 Å². The average Bonchev–Trinajstić information content (AvgIpc) is 3.38. The Labute approximate surface area is 185 Å². The van der Waals surface area contributed by atoms with E-state index in [0.29, 0.717) is 17.1 Å². The highest BCUT2D eigenvalue weighted by Gasteiger charge is 2.34. The molecule has 170 valence electrons. The standard InChI is InChI=1S/C21H18F3N7O2/c1-12(2)31-9-16(15-8-25-4-3-17(15)31)20(33)13-5-14(7-26-6-13)27-19(32)11-30-10-18(28-29-30)21(22,23)24/h3-10,12H,11H2,1-2H3,(H,27,32). The second-order valence-corrected chi connectivity index (χ2v) is 7.58. The van der Waals surface area contributed by atoms with Crippen molar-refractivity contribution >= 4 is 28.3 Å². The van der Waals surface area contributed by atoms with Crippen LogP contribution in [-0.2, 0) is 17.5 Å². The fourth-order valence-corrected chi connectivity index (χ4v) is 3.35. The first-order valence-electron chi connectivity index (χ1n) is 9.85. The van der Waals surface area contributed by atoms with Gasteiger partial charge < -0.3 is 9.88 Å². The quantitative estimate of drug-likeness (QED) is 0.444. The highest BCUT2D eigenvalue weighted by molar-refractivity contribution is 6.16. The van der Waals surface area contributed by atoms with Crippen molar-refractivity contribution < 1.29 is 22.8 Å². The van der Waals surface area contributed by atoms with Gasteiger partial charge in [-0.2, -0.15) is 13.2 Å². The van der Waals surface area contributed by atoms with Crippen molar-refractivity contribution in [3.8, 4) is 0 Å². The van der Waals surface area contributed by atoms with Gasteiger partial charge in [0, 0.05) is 47.3 Å². The molecule has 4 aromatic rings. The van der Waals surface area contributed by atoms with Crippen LogP contribution in [0.5, 0.6) is 0 Å². The zero-order valence-corrected chi connectivity index (χ0v) is 17.5. The third-order valence-electron chi connectivity index (χ3n) is 4.85. The number of carbonyl (C=O) groups is 2. The Balaban J connectivity index is 1.54. The van der Waals surface area contributed by atoms with Crippen LogP contribution in [0.25, 0.3) is 10.9 Å². The summed E-state index contributed by atoms with van der Waals surface area (Å²) in [5.41, 5.74) is 0.568. The number of fused-ring (bicyclic) bond motifs is 1. The Bertz CT molecular complexity index is 1340. The van der Waals surface area contributed by atoms with Gasteiger partial charge in [-0.1, -0.05) is 5.21 Å². The van der Waals surface area contributed by atoms with Crippen LogP contribution in [-0.4, -0.2) is 41.2 Å². The van der Waals surface area contributed by atoms with Gasteiger partial charge in [-0.25, -0.2) is 4.68 Å². The number of ketones is 1. The number of aromatic nitrogens is 6. The molecule has 33 heavy (non-hydrogen) atoms. The van der Waals surface area contributed by atoms with Crippen molar-refractivity contribution in [2.24, 2.45) is 0 Å². The van der Waals surface area contributed by atoms with E-state index in [-0.39, 0.29) is 23.1 Å². The first-order valence-corrected chi connectivity index (χ1v) is 9.85. The largest absolute Gasteiger partial charge is 0.436 e. The van der Waals surface area contributed by atoms with Crippen LogP contribution in [0.1, 0.15) is 41.5 Å². The number of carbonyl (C=O) groups excluding carboxylic acids is 2. The number of anilines is 1. The number of pyridine rings is 2. The van der Waals surface area contributed by atoms with Crippen LogP contribution in [0, 0.1) is 0 Å². The fourth-order valence-electron chi connectivity index (χ4n) is 3.35. The minimum absolute atomic E-state index is 0.120.